The van der Waals surface area contributed by atoms with E-state index < -0.39 is 0 Å². The molecule has 110 valence electrons. The van der Waals surface area contributed by atoms with Crippen molar-refractivity contribution in [1.29, 1.82) is 0 Å². The first-order chi connectivity index (χ1) is 9.01. The first kappa shape index (κ1) is 16.0. The summed E-state index contributed by atoms with van der Waals surface area (Å²) in [6, 6.07) is -0.330. The number of methoxy groups -OCH3 is 1. The predicted molar refractivity (Wildman–Crippen MR) is 73.7 cm³/mol. The molecule has 1 rings (SSSR count). The lowest BCUT2D eigenvalue weighted by atomic mass is 10.1. The van der Waals surface area contributed by atoms with E-state index in [2.05, 4.69) is 5.32 Å². The maximum atomic E-state index is 12.6. The Morgan fingerprint density at radius 2 is 2.16 bits per heavy atom. The van der Waals surface area contributed by atoms with Gasteiger partial charge in [-0.2, -0.15) is 0 Å². The van der Waals surface area contributed by atoms with Crippen molar-refractivity contribution in [2.24, 2.45) is 0 Å². The quantitative estimate of drug-likeness (QED) is 0.792. The third kappa shape index (κ3) is 4.20. The molecule has 1 fully saturated rings. The summed E-state index contributed by atoms with van der Waals surface area (Å²) in [5, 5.41) is 2.84. The van der Waals surface area contributed by atoms with Gasteiger partial charge in [0, 0.05) is 32.2 Å². The Hall–Kier alpha value is -1.10. The zero-order valence-corrected chi connectivity index (χ0v) is 12.4. The molecular formula is C14H26N2O3. The van der Waals surface area contributed by atoms with Crippen molar-refractivity contribution in [3.63, 3.8) is 0 Å². The Kier molecular flexibility index (Phi) is 6.28. The van der Waals surface area contributed by atoms with Gasteiger partial charge in [0.05, 0.1) is 0 Å². The maximum absolute atomic E-state index is 12.6. The van der Waals surface area contributed by atoms with E-state index in [1.807, 2.05) is 25.7 Å². The summed E-state index contributed by atoms with van der Waals surface area (Å²) >= 11 is 0. The summed E-state index contributed by atoms with van der Waals surface area (Å²) in [6.45, 7) is 6.60. The van der Waals surface area contributed by atoms with E-state index in [0.29, 0.717) is 19.4 Å². The predicted octanol–water partition coefficient (Wildman–Crippen LogP) is 1.32. The molecule has 1 saturated heterocycles. The molecule has 3 unspecified atom stereocenters. The van der Waals surface area contributed by atoms with E-state index in [9.17, 15) is 9.59 Å². The highest BCUT2D eigenvalue weighted by Crippen LogP contribution is 2.18. The van der Waals surface area contributed by atoms with Gasteiger partial charge in [-0.05, 0) is 26.7 Å². The Balaban J connectivity index is 2.84. The molecule has 19 heavy (non-hydrogen) atoms. The van der Waals surface area contributed by atoms with Crippen molar-refractivity contribution in [2.45, 2.75) is 64.6 Å². The smallest absolute Gasteiger partial charge is 0.245 e. The second-order valence-corrected chi connectivity index (χ2v) is 5.34. The summed E-state index contributed by atoms with van der Waals surface area (Å²) in [6.07, 6.45) is 2.75. The fourth-order valence-electron chi connectivity index (χ4n) is 2.64. The number of nitrogens with zero attached hydrogens (tertiary/aromatic N) is 1. The third-order valence-electron chi connectivity index (χ3n) is 3.64. The molecule has 3 atom stereocenters. The number of hydrogen-bond acceptors (Lipinski definition) is 3. The van der Waals surface area contributed by atoms with Crippen LogP contribution in [0.25, 0.3) is 0 Å². The second kappa shape index (κ2) is 7.48. The molecule has 1 N–H and O–H groups in total. The number of hydrogen-bond donors (Lipinski definition) is 1. The number of nitrogens with one attached hydrogen (secondary N) is 1. The minimum atomic E-state index is -0.368. The van der Waals surface area contributed by atoms with Crippen molar-refractivity contribution in [3.8, 4) is 0 Å². The Bertz CT molecular complexity index is 320. The van der Waals surface area contributed by atoms with Crippen LogP contribution in [-0.4, -0.2) is 48.6 Å². The molecule has 0 radical (unpaired) electrons. The number of carbonyl (C=O) groups excluding carboxylic acids is 2. The fourth-order valence-corrected chi connectivity index (χ4v) is 2.64. The molecule has 0 saturated carbocycles. The summed E-state index contributed by atoms with van der Waals surface area (Å²) < 4.78 is 5.08. The number of ether oxygens (including phenoxy) is 1. The van der Waals surface area contributed by atoms with Crippen LogP contribution in [0.3, 0.4) is 0 Å². The van der Waals surface area contributed by atoms with E-state index >= 15 is 0 Å². The van der Waals surface area contributed by atoms with Crippen molar-refractivity contribution in [1.82, 2.24) is 10.2 Å². The molecule has 0 aliphatic carbocycles. The van der Waals surface area contributed by atoms with Crippen LogP contribution in [0, 0.1) is 0 Å². The van der Waals surface area contributed by atoms with Crippen LogP contribution in [0.2, 0.25) is 0 Å². The van der Waals surface area contributed by atoms with Gasteiger partial charge < -0.3 is 15.0 Å². The zero-order valence-electron chi connectivity index (χ0n) is 12.4. The highest BCUT2D eigenvalue weighted by atomic mass is 16.5. The topological polar surface area (TPSA) is 58.6 Å². The first-order valence-electron chi connectivity index (χ1n) is 7.11. The van der Waals surface area contributed by atoms with E-state index in [1.54, 1.807) is 7.11 Å². The lowest BCUT2D eigenvalue weighted by Crippen LogP contribution is -2.50. The number of carbonyl (C=O) groups is 2. The molecule has 2 amide bonds. The molecule has 1 aliphatic rings. The van der Waals surface area contributed by atoms with Crippen molar-refractivity contribution < 1.29 is 14.3 Å². The Morgan fingerprint density at radius 1 is 1.47 bits per heavy atom. The molecule has 0 aromatic rings. The van der Waals surface area contributed by atoms with Gasteiger partial charge in [0.15, 0.2) is 0 Å². The van der Waals surface area contributed by atoms with E-state index in [0.717, 1.165) is 12.8 Å². The molecule has 0 aromatic heterocycles. The second-order valence-electron chi connectivity index (χ2n) is 5.34. The largest absolute Gasteiger partial charge is 0.385 e. The Morgan fingerprint density at radius 3 is 2.74 bits per heavy atom. The van der Waals surface area contributed by atoms with Crippen LogP contribution >= 0.6 is 0 Å². The van der Waals surface area contributed by atoms with E-state index in [-0.39, 0.29) is 29.9 Å². The van der Waals surface area contributed by atoms with Crippen LogP contribution in [0.4, 0.5) is 0 Å². The first-order valence-corrected chi connectivity index (χ1v) is 7.11. The van der Waals surface area contributed by atoms with Crippen LogP contribution in [0.15, 0.2) is 0 Å². The number of rotatable bonds is 6. The average molecular weight is 270 g/mol. The molecule has 0 bridgehead atoms. The van der Waals surface area contributed by atoms with Crippen LogP contribution < -0.4 is 5.32 Å². The van der Waals surface area contributed by atoms with Gasteiger partial charge in [-0.15, -0.1) is 0 Å². The monoisotopic (exact) mass is 270 g/mol. The highest BCUT2D eigenvalue weighted by molar-refractivity contribution is 5.90. The maximum Gasteiger partial charge on any atom is 0.245 e. The van der Waals surface area contributed by atoms with Gasteiger partial charge in [0.1, 0.15) is 6.04 Å². The van der Waals surface area contributed by atoms with Crippen LogP contribution in [-0.2, 0) is 14.3 Å². The molecule has 1 heterocycles. The zero-order chi connectivity index (χ0) is 14.4. The van der Waals surface area contributed by atoms with Crippen molar-refractivity contribution in [2.75, 3.05) is 13.7 Å². The summed E-state index contributed by atoms with van der Waals surface area (Å²) in [5.74, 6) is 0.0181. The summed E-state index contributed by atoms with van der Waals surface area (Å²) in [7, 11) is 1.66. The molecular weight excluding hydrogens is 244 g/mol. The fraction of sp³-hybridized carbons (Fsp3) is 0.857. The van der Waals surface area contributed by atoms with Crippen LogP contribution in [0.1, 0.15) is 46.5 Å². The van der Waals surface area contributed by atoms with Gasteiger partial charge in [0.2, 0.25) is 11.8 Å². The van der Waals surface area contributed by atoms with Crippen LogP contribution in [0.5, 0.6) is 0 Å². The minimum Gasteiger partial charge on any atom is -0.385 e. The van der Waals surface area contributed by atoms with Crippen molar-refractivity contribution >= 4 is 11.8 Å². The van der Waals surface area contributed by atoms with Crippen molar-refractivity contribution in [3.05, 3.63) is 0 Å². The third-order valence-corrected chi connectivity index (χ3v) is 3.64. The minimum absolute atomic E-state index is 0.0271. The molecule has 0 spiro atoms. The van der Waals surface area contributed by atoms with Gasteiger partial charge in [-0.3, -0.25) is 9.59 Å². The SMILES string of the molecule is CCCC1NC(=O)CC(C)N(C(C)CCOC)C1=O. The summed E-state index contributed by atoms with van der Waals surface area (Å²) in [5.41, 5.74) is 0. The Labute approximate surface area is 115 Å². The molecule has 5 nitrogen and oxygen atoms in total. The van der Waals surface area contributed by atoms with Gasteiger partial charge in [-0.1, -0.05) is 13.3 Å². The molecule has 0 aromatic carbocycles. The van der Waals surface area contributed by atoms with E-state index in [1.165, 1.54) is 0 Å². The number of amides is 2. The van der Waals surface area contributed by atoms with E-state index in [4.69, 9.17) is 4.74 Å². The molecule has 1 aliphatic heterocycles. The summed E-state index contributed by atoms with van der Waals surface area (Å²) in [4.78, 5) is 26.2. The molecule has 5 heteroatoms. The lowest BCUT2D eigenvalue weighted by molar-refractivity contribution is -0.137. The standard InChI is InChI=1S/C14H26N2O3/c1-5-6-12-14(18)16(10(2)7-8-19-4)11(3)9-13(17)15-12/h10-12H,5-9H2,1-4H3,(H,15,17). The van der Waals surface area contributed by atoms with Gasteiger partial charge in [0.25, 0.3) is 0 Å². The highest BCUT2D eigenvalue weighted by Gasteiger charge is 2.35. The average Bonchev–Trinajstić information content (AvgIpc) is 2.44. The van der Waals surface area contributed by atoms with Gasteiger partial charge in [-0.25, -0.2) is 0 Å². The normalized spacial score (nSPS) is 26.0. The van der Waals surface area contributed by atoms with Gasteiger partial charge >= 0.3 is 0 Å². The lowest BCUT2D eigenvalue weighted by Gasteiger charge is -2.34.